The monoisotopic (exact) mass is 537 g/mol. The summed E-state index contributed by atoms with van der Waals surface area (Å²) in [7, 11) is 0. The molecule has 0 saturated carbocycles. The van der Waals surface area contributed by atoms with Crippen molar-refractivity contribution in [3.63, 3.8) is 0 Å². The molecule has 0 radical (unpaired) electrons. The van der Waals surface area contributed by atoms with Gasteiger partial charge in [0, 0.05) is 22.3 Å². The summed E-state index contributed by atoms with van der Waals surface area (Å²) in [6, 6.07) is 11.6. The van der Waals surface area contributed by atoms with Crippen LogP contribution in [0.3, 0.4) is 0 Å². The van der Waals surface area contributed by atoms with Crippen molar-refractivity contribution in [3.05, 3.63) is 93.8 Å². The Balaban J connectivity index is 1.83. The number of anilines is 1. The van der Waals surface area contributed by atoms with Gasteiger partial charge in [0.25, 0.3) is 5.91 Å². The number of nitrogens with two attached hydrogens (primary N) is 2. The van der Waals surface area contributed by atoms with Crippen molar-refractivity contribution in [3.8, 4) is 5.75 Å². The molecule has 196 valence electrons. The number of alkyl halides is 3. The number of hydrogen-bond acceptors (Lipinski definition) is 4. The number of rotatable bonds is 6. The molecular formula is C25H24ClF4N5O2. The highest BCUT2D eigenvalue weighted by Crippen LogP contribution is 2.29. The zero-order chi connectivity index (χ0) is 27.3. The first-order chi connectivity index (χ1) is 17.3. The molecule has 3 aromatic rings. The Labute approximate surface area is 215 Å². The maximum Gasteiger partial charge on any atom is 0.416 e. The highest BCUT2D eigenvalue weighted by molar-refractivity contribution is 6.31. The van der Waals surface area contributed by atoms with Crippen molar-refractivity contribution >= 4 is 29.2 Å². The van der Waals surface area contributed by atoms with E-state index in [4.69, 9.17) is 23.1 Å². The normalized spacial score (nSPS) is 13.7. The third-order valence-electron chi connectivity index (χ3n) is 5.21. The number of guanidine groups is 1. The molecule has 1 amide bonds. The highest BCUT2D eigenvalue weighted by atomic mass is 35.5. The van der Waals surface area contributed by atoms with Crippen LogP contribution in [0, 0.1) is 12.7 Å². The predicted octanol–water partition coefficient (Wildman–Crippen LogP) is 5.08. The van der Waals surface area contributed by atoms with E-state index in [1.165, 1.54) is 12.1 Å². The van der Waals surface area contributed by atoms with Crippen LogP contribution in [0.5, 0.6) is 5.75 Å². The summed E-state index contributed by atoms with van der Waals surface area (Å²) in [5, 5.41) is 15.5. The number of nitrogens with zero attached hydrogens (tertiary/aromatic N) is 1. The SMILES string of the molecule is Cc1cc(Cl)cc(N/C(=N/C(=O)c2ccc(C(F)(F)F)cc2)NC(N)CC(N)c2ccc(O)c(F)c2)c1. The molecule has 7 N–H and O–H groups in total. The lowest BCUT2D eigenvalue weighted by molar-refractivity contribution is -0.137. The van der Waals surface area contributed by atoms with Gasteiger partial charge in [0.15, 0.2) is 11.6 Å². The largest absolute Gasteiger partial charge is 0.505 e. The summed E-state index contributed by atoms with van der Waals surface area (Å²) < 4.78 is 52.2. The molecule has 3 rings (SSSR count). The maximum absolute atomic E-state index is 13.7. The Morgan fingerprint density at radius 3 is 2.35 bits per heavy atom. The van der Waals surface area contributed by atoms with E-state index in [9.17, 15) is 27.5 Å². The number of carbonyl (C=O) groups is 1. The first-order valence-electron chi connectivity index (χ1n) is 10.9. The maximum atomic E-state index is 13.7. The molecule has 2 atom stereocenters. The number of hydrogen-bond donors (Lipinski definition) is 5. The topological polar surface area (TPSA) is 126 Å². The van der Waals surface area contributed by atoms with Gasteiger partial charge in [0.05, 0.1) is 11.7 Å². The lowest BCUT2D eigenvalue weighted by atomic mass is 10.0. The molecule has 0 fully saturated rings. The number of nitrogens with one attached hydrogen (secondary N) is 2. The van der Waals surface area contributed by atoms with Gasteiger partial charge >= 0.3 is 6.18 Å². The molecule has 0 spiro atoms. The Hall–Kier alpha value is -3.67. The van der Waals surface area contributed by atoms with Crippen LogP contribution in [0.15, 0.2) is 65.7 Å². The fraction of sp³-hybridized carbons (Fsp3) is 0.200. The molecule has 0 aliphatic carbocycles. The molecule has 0 heterocycles. The van der Waals surface area contributed by atoms with Crippen LogP contribution in [-0.4, -0.2) is 23.1 Å². The number of carbonyl (C=O) groups excluding carboxylic acids is 1. The summed E-state index contributed by atoms with van der Waals surface area (Å²) in [5.74, 6) is -2.30. The number of amides is 1. The molecule has 0 aliphatic heterocycles. The zero-order valence-electron chi connectivity index (χ0n) is 19.5. The van der Waals surface area contributed by atoms with Crippen LogP contribution < -0.4 is 22.1 Å². The molecule has 0 aromatic heterocycles. The smallest absolute Gasteiger partial charge is 0.416 e. The summed E-state index contributed by atoms with van der Waals surface area (Å²) >= 11 is 6.10. The van der Waals surface area contributed by atoms with E-state index in [0.29, 0.717) is 16.3 Å². The number of phenols is 1. The van der Waals surface area contributed by atoms with Crippen molar-refractivity contribution in [2.75, 3.05) is 5.32 Å². The van der Waals surface area contributed by atoms with Crippen molar-refractivity contribution in [1.82, 2.24) is 5.32 Å². The third kappa shape index (κ3) is 7.91. The minimum Gasteiger partial charge on any atom is -0.505 e. The summed E-state index contributed by atoms with van der Waals surface area (Å²) in [4.78, 5) is 16.7. The third-order valence-corrected chi connectivity index (χ3v) is 5.43. The van der Waals surface area contributed by atoms with E-state index in [1.807, 2.05) is 0 Å². The highest BCUT2D eigenvalue weighted by Gasteiger charge is 2.30. The van der Waals surface area contributed by atoms with E-state index in [-0.39, 0.29) is 17.9 Å². The summed E-state index contributed by atoms with van der Waals surface area (Å²) in [6.07, 6.45) is -5.37. The fourth-order valence-electron chi connectivity index (χ4n) is 3.41. The Morgan fingerprint density at radius 2 is 1.76 bits per heavy atom. The molecule has 2 unspecified atom stereocenters. The van der Waals surface area contributed by atoms with Crippen molar-refractivity contribution in [2.45, 2.75) is 31.7 Å². The molecule has 12 heteroatoms. The molecule has 0 bridgehead atoms. The van der Waals surface area contributed by atoms with Crippen molar-refractivity contribution in [1.29, 1.82) is 0 Å². The summed E-state index contributed by atoms with van der Waals surface area (Å²) in [5.41, 5.74) is 12.9. The van der Waals surface area contributed by atoms with E-state index < -0.39 is 41.4 Å². The lowest BCUT2D eigenvalue weighted by Gasteiger charge is -2.21. The van der Waals surface area contributed by atoms with Gasteiger partial charge in [-0.05, 0) is 79.1 Å². The van der Waals surface area contributed by atoms with Crippen molar-refractivity contribution < 1.29 is 27.5 Å². The number of aryl methyl sites for hydroxylation is 1. The molecule has 7 nitrogen and oxygen atoms in total. The van der Waals surface area contributed by atoms with E-state index in [1.54, 1.807) is 25.1 Å². The average Bonchev–Trinajstić information content (AvgIpc) is 2.79. The number of benzene rings is 3. The van der Waals surface area contributed by atoms with Gasteiger partial charge < -0.3 is 27.2 Å². The predicted molar refractivity (Wildman–Crippen MR) is 134 cm³/mol. The van der Waals surface area contributed by atoms with Gasteiger partial charge in [-0.25, -0.2) is 4.39 Å². The van der Waals surface area contributed by atoms with E-state index in [2.05, 4.69) is 15.6 Å². The number of aliphatic imine (C=N–C) groups is 1. The van der Waals surface area contributed by atoms with Crippen LogP contribution in [0.25, 0.3) is 0 Å². The van der Waals surface area contributed by atoms with Gasteiger partial charge in [-0.15, -0.1) is 0 Å². The van der Waals surface area contributed by atoms with Crippen LogP contribution in [0.2, 0.25) is 5.02 Å². The zero-order valence-corrected chi connectivity index (χ0v) is 20.2. The van der Waals surface area contributed by atoms with Crippen LogP contribution in [0.4, 0.5) is 23.2 Å². The second-order valence-electron chi connectivity index (χ2n) is 8.29. The quantitative estimate of drug-likeness (QED) is 0.129. The van der Waals surface area contributed by atoms with Gasteiger partial charge in [-0.3, -0.25) is 4.79 Å². The van der Waals surface area contributed by atoms with E-state index >= 15 is 0 Å². The standard InChI is InChI=1S/C25H24ClF4N5O2/c1-13-8-17(26)11-18(9-13)33-24(35-23(37)14-2-5-16(6-3-14)25(28,29)30)34-22(32)12-20(31)15-4-7-21(36)19(27)10-15/h2-11,20,22,36H,12,31-32H2,1H3,(H2,33,34,35,37). The fourth-order valence-corrected chi connectivity index (χ4v) is 3.70. The molecule has 3 aromatic carbocycles. The lowest BCUT2D eigenvalue weighted by Crippen LogP contribution is -2.46. The summed E-state index contributed by atoms with van der Waals surface area (Å²) in [6.45, 7) is 1.80. The van der Waals surface area contributed by atoms with Crippen molar-refractivity contribution in [2.24, 2.45) is 16.5 Å². The van der Waals surface area contributed by atoms with Crippen LogP contribution in [-0.2, 0) is 6.18 Å². The molecular weight excluding hydrogens is 514 g/mol. The second-order valence-corrected chi connectivity index (χ2v) is 8.72. The number of phenolic OH excluding ortho intramolecular Hbond substituents is 1. The van der Waals surface area contributed by atoms with Crippen LogP contribution in [0.1, 0.15) is 39.5 Å². The average molecular weight is 538 g/mol. The minimum absolute atomic E-state index is 0.0635. The minimum atomic E-state index is -4.55. The Kier molecular flexibility index (Phi) is 8.74. The second kappa shape index (κ2) is 11.6. The van der Waals surface area contributed by atoms with Crippen LogP contribution >= 0.6 is 11.6 Å². The Morgan fingerprint density at radius 1 is 1.08 bits per heavy atom. The molecule has 37 heavy (non-hydrogen) atoms. The number of aromatic hydroxyl groups is 1. The molecule has 0 aliphatic rings. The van der Waals surface area contributed by atoms with Gasteiger partial charge in [0.1, 0.15) is 0 Å². The number of halogens is 5. The first kappa shape index (κ1) is 27.9. The van der Waals surface area contributed by atoms with E-state index in [0.717, 1.165) is 35.9 Å². The first-order valence-corrected chi connectivity index (χ1v) is 11.3. The van der Waals surface area contributed by atoms with Gasteiger partial charge in [0.2, 0.25) is 5.96 Å². The Bertz CT molecular complexity index is 1280. The van der Waals surface area contributed by atoms with Gasteiger partial charge in [-0.2, -0.15) is 18.2 Å². The van der Waals surface area contributed by atoms with Gasteiger partial charge in [-0.1, -0.05) is 17.7 Å². The molecule has 0 saturated heterocycles.